The Morgan fingerprint density at radius 1 is 0.757 bits per heavy atom. The average Bonchev–Trinajstić information content (AvgIpc) is 2.87. The fourth-order valence-corrected chi connectivity index (χ4v) is 4.09. The topological polar surface area (TPSA) is 93.7 Å². The molecule has 7 nitrogen and oxygen atoms in total. The number of carbonyl (C=O) groups is 3. The molecule has 7 heteroatoms. The first-order valence-corrected chi connectivity index (χ1v) is 12.2. The molecule has 0 aliphatic heterocycles. The first-order chi connectivity index (χ1) is 17.6. The van der Waals surface area contributed by atoms with E-state index in [-0.39, 0.29) is 13.2 Å². The number of benzene rings is 3. The molecule has 0 aliphatic rings. The molecular formula is C30H34N2O5. The first kappa shape index (κ1) is 27.5. The van der Waals surface area contributed by atoms with Gasteiger partial charge in [0.2, 0.25) is 5.91 Å². The van der Waals surface area contributed by atoms with Crippen molar-refractivity contribution in [2.24, 2.45) is 0 Å². The molecule has 37 heavy (non-hydrogen) atoms. The van der Waals surface area contributed by atoms with Crippen LogP contribution >= 0.6 is 0 Å². The highest BCUT2D eigenvalue weighted by molar-refractivity contribution is 5.93. The van der Waals surface area contributed by atoms with E-state index in [1.807, 2.05) is 91.0 Å². The lowest BCUT2D eigenvalue weighted by Gasteiger charge is -2.37. The Kier molecular flexibility index (Phi) is 9.06. The number of esters is 1. The number of amides is 2. The number of rotatable bonds is 9. The van der Waals surface area contributed by atoms with Gasteiger partial charge in [-0.1, -0.05) is 91.0 Å². The van der Waals surface area contributed by atoms with Crippen LogP contribution in [0.5, 0.6) is 0 Å². The van der Waals surface area contributed by atoms with Crippen LogP contribution in [-0.4, -0.2) is 35.7 Å². The van der Waals surface area contributed by atoms with E-state index in [4.69, 9.17) is 9.47 Å². The molecule has 0 fully saturated rings. The number of alkyl carbamates (subject to hydrolysis) is 1. The van der Waals surface area contributed by atoms with Crippen molar-refractivity contribution < 1.29 is 23.9 Å². The minimum absolute atomic E-state index is 0.0453. The van der Waals surface area contributed by atoms with Crippen LogP contribution in [0.25, 0.3) is 0 Å². The van der Waals surface area contributed by atoms with E-state index in [2.05, 4.69) is 10.6 Å². The molecule has 3 aromatic rings. The molecule has 0 heterocycles. The Balaban J connectivity index is 1.92. The van der Waals surface area contributed by atoms with Crippen LogP contribution in [0.15, 0.2) is 91.0 Å². The Hall–Kier alpha value is -4.13. The highest BCUT2D eigenvalue weighted by Gasteiger charge is 2.45. The molecule has 2 amide bonds. The van der Waals surface area contributed by atoms with E-state index in [0.29, 0.717) is 0 Å². The standard InChI is InChI=1S/C30H34N2O5/c1-29(2,3)37-25(33)20-31-27(34)30(4,32-28(35)36-21-22-14-8-5-9-15-22)26(23-16-10-6-11-17-23)24-18-12-7-13-19-24/h5-19,26H,20-21H2,1-4H3,(H,31,34)(H,32,35)/t30-/m0/s1. The molecule has 0 saturated carbocycles. The monoisotopic (exact) mass is 502 g/mol. The third-order valence-corrected chi connectivity index (χ3v) is 5.70. The Bertz CT molecular complexity index is 1140. The van der Waals surface area contributed by atoms with Crippen LogP contribution in [0.2, 0.25) is 0 Å². The Morgan fingerprint density at radius 2 is 1.24 bits per heavy atom. The highest BCUT2D eigenvalue weighted by atomic mass is 16.6. The lowest BCUT2D eigenvalue weighted by Crippen LogP contribution is -2.61. The van der Waals surface area contributed by atoms with E-state index < -0.39 is 35.0 Å². The van der Waals surface area contributed by atoms with Gasteiger partial charge in [-0.05, 0) is 44.4 Å². The maximum Gasteiger partial charge on any atom is 0.408 e. The van der Waals surface area contributed by atoms with Gasteiger partial charge < -0.3 is 20.1 Å². The molecule has 0 bridgehead atoms. The van der Waals surface area contributed by atoms with Crippen LogP contribution < -0.4 is 10.6 Å². The SMILES string of the molecule is CC(C)(C)OC(=O)CNC(=O)[C@@](C)(NC(=O)OCc1ccccc1)C(c1ccccc1)c1ccccc1. The predicted molar refractivity (Wildman–Crippen MR) is 142 cm³/mol. The fraction of sp³-hybridized carbons (Fsp3) is 0.300. The summed E-state index contributed by atoms with van der Waals surface area (Å²) in [5.41, 5.74) is 0.232. The summed E-state index contributed by atoms with van der Waals surface area (Å²) in [5, 5.41) is 5.47. The summed E-state index contributed by atoms with van der Waals surface area (Å²) in [6.07, 6.45) is -0.754. The lowest BCUT2D eigenvalue weighted by molar-refractivity contribution is -0.154. The maximum absolute atomic E-state index is 13.7. The van der Waals surface area contributed by atoms with Crippen molar-refractivity contribution >= 4 is 18.0 Å². The normalized spacial score (nSPS) is 12.8. The molecule has 0 radical (unpaired) electrons. The number of hydrogen-bond donors (Lipinski definition) is 2. The molecule has 0 aromatic heterocycles. The smallest absolute Gasteiger partial charge is 0.408 e. The van der Waals surface area contributed by atoms with Crippen LogP contribution in [0.1, 0.15) is 50.3 Å². The van der Waals surface area contributed by atoms with Crippen LogP contribution in [0.3, 0.4) is 0 Å². The summed E-state index contributed by atoms with van der Waals surface area (Å²) in [4.78, 5) is 39.1. The Labute approximate surface area is 218 Å². The summed E-state index contributed by atoms with van der Waals surface area (Å²) in [6, 6.07) is 28.1. The van der Waals surface area contributed by atoms with Crippen molar-refractivity contribution in [2.45, 2.75) is 51.4 Å². The van der Waals surface area contributed by atoms with E-state index in [1.54, 1.807) is 27.7 Å². The maximum atomic E-state index is 13.7. The molecule has 1 atom stereocenters. The molecule has 3 rings (SSSR count). The van der Waals surface area contributed by atoms with Gasteiger partial charge in [0.1, 0.15) is 24.3 Å². The summed E-state index contributed by atoms with van der Waals surface area (Å²) in [5.74, 6) is -1.71. The molecule has 0 aliphatic carbocycles. The van der Waals surface area contributed by atoms with Gasteiger partial charge in [-0.3, -0.25) is 9.59 Å². The van der Waals surface area contributed by atoms with Gasteiger partial charge in [0.05, 0.1) is 0 Å². The van der Waals surface area contributed by atoms with Gasteiger partial charge in [0.25, 0.3) is 0 Å². The number of nitrogens with one attached hydrogen (secondary N) is 2. The van der Waals surface area contributed by atoms with Gasteiger partial charge in [0.15, 0.2) is 0 Å². The second-order valence-corrected chi connectivity index (χ2v) is 9.91. The molecule has 3 aromatic carbocycles. The zero-order chi connectivity index (χ0) is 26.9. The molecule has 0 spiro atoms. The van der Waals surface area contributed by atoms with Crippen LogP contribution in [0, 0.1) is 0 Å². The quantitative estimate of drug-likeness (QED) is 0.404. The third-order valence-electron chi connectivity index (χ3n) is 5.70. The van der Waals surface area contributed by atoms with Crippen molar-refractivity contribution in [3.63, 3.8) is 0 Å². The largest absolute Gasteiger partial charge is 0.459 e. The minimum Gasteiger partial charge on any atom is -0.459 e. The van der Waals surface area contributed by atoms with Crippen molar-refractivity contribution in [3.8, 4) is 0 Å². The van der Waals surface area contributed by atoms with Gasteiger partial charge >= 0.3 is 12.1 Å². The van der Waals surface area contributed by atoms with Gasteiger partial charge in [0, 0.05) is 5.92 Å². The van der Waals surface area contributed by atoms with Crippen molar-refractivity contribution in [1.29, 1.82) is 0 Å². The van der Waals surface area contributed by atoms with Gasteiger partial charge in [-0.25, -0.2) is 4.79 Å². The van der Waals surface area contributed by atoms with Gasteiger partial charge in [-0.15, -0.1) is 0 Å². The van der Waals surface area contributed by atoms with Crippen molar-refractivity contribution in [1.82, 2.24) is 10.6 Å². The zero-order valence-corrected chi connectivity index (χ0v) is 21.7. The van der Waals surface area contributed by atoms with E-state index in [9.17, 15) is 14.4 Å². The fourth-order valence-electron chi connectivity index (χ4n) is 4.09. The second-order valence-electron chi connectivity index (χ2n) is 9.91. The molecule has 2 N–H and O–H groups in total. The van der Waals surface area contributed by atoms with Gasteiger partial charge in [-0.2, -0.15) is 0 Å². The summed E-state index contributed by atoms with van der Waals surface area (Å²) in [7, 11) is 0. The van der Waals surface area contributed by atoms with E-state index in [1.165, 1.54) is 0 Å². The summed E-state index contributed by atoms with van der Waals surface area (Å²) in [6.45, 7) is 6.59. The number of ether oxygens (including phenoxy) is 2. The predicted octanol–water partition coefficient (Wildman–Crippen LogP) is 4.96. The Morgan fingerprint density at radius 3 is 1.73 bits per heavy atom. The third kappa shape index (κ3) is 7.93. The van der Waals surface area contributed by atoms with Crippen molar-refractivity contribution in [3.05, 3.63) is 108 Å². The van der Waals surface area contributed by atoms with Crippen molar-refractivity contribution in [2.75, 3.05) is 6.54 Å². The lowest BCUT2D eigenvalue weighted by atomic mass is 9.75. The van der Waals surface area contributed by atoms with E-state index in [0.717, 1.165) is 16.7 Å². The average molecular weight is 503 g/mol. The number of hydrogen-bond acceptors (Lipinski definition) is 5. The van der Waals surface area contributed by atoms with Crippen LogP contribution in [0.4, 0.5) is 4.79 Å². The zero-order valence-electron chi connectivity index (χ0n) is 21.7. The number of carbonyl (C=O) groups excluding carboxylic acids is 3. The molecule has 0 unspecified atom stereocenters. The van der Waals surface area contributed by atoms with Crippen LogP contribution in [-0.2, 0) is 25.7 Å². The second kappa shape index (κ2) is 12.2. The first-order valence-electron chi connectivity index (χ1n) is 12.2. The summed E-state index contributed by atoms with van der Waals surface area (Å²) >= 11 is 0. The highest BCUT2D eigenvalue weighted by Crippen LogP contribution is 2.35. The summed E-state index contributed by atoms with van der Waals surface area (Å²) < 4.78 is 10.8. The molecule has 0 saturated heterocycles. The minimum atomic E-state index is -1.52. The molecular weight excluding hydrogens is 468 g/mol. The molecule has 194 valence electrons. The van der Waals surface area contributed by atoms with E-state index >= 15 is 0 Å².